The first-order chi connectivity index (χ1) is 10.0. The second kappa shape index (κ2) is 6.05. The maximum Gasteiger partial charge on any atom is 0.0941 e. The van der Waals surface area contributed by atoms with Gasteiger partial charge in [0.15, 0.2) is 0 Å². The molecule has 1 aromatic heterocycles. The molecule has 3 heteroatoms. The summed E-state index contributed by atoms with van der Waals surface area (Å²) in [5.41, 5.74) is 1.39. The van der Waals surface area contributed by atoms with Crippen molar-refractivity contribution in [3.63, 3.8) is 0 Å². The molecule has 1 N–H and O–H groups in total. The van der Waals surface area contributed by atoms with Gasteiger partial charge in [0.25, 0.3) is 0 Å². The lowest BCUT2D eigenvalue weighted by Crippen LogP contribution is -2.40. The summed E-state index contributed by atoms with van der Waals surface area (Å²) in [6.45, 7) is 7.92. The number of nitrogens with one attached hydrogen (secondary N) is 1. The van der Waals surface area contributed by atoms with Gasteiger partial charge in [0.05, 0.1) is 15.2 Å². The van der Waals surface area contributed by atoms with Crippen LogP contribution in [0.25, 0.3) is 10.2 Å². The standard InChI is InChI=1S/C18H26N2S/c1-18(2,3)19-12-14-8-6-7-13(14)11-17-20-15-9-4-5-10-16(15)21-17/h4-5,9-10,13-14,19H,6-8,11-12H2,1-3H3. The molecule has 0 bridgehead atoms. The maximum absolute atomic E-state index is 4.82. The Kier molecular flexibility index (Phi) is 4.32. The van der Waals surface area contributed by atoms with Crippen LogP contribution in [0.2, 0.25) is 0 Å². The van der Waals surface area contributed by atoms with Crippen LogP contribution in [0.15, 0.2) is 24.3 Å². The SMILES string of the molecule is CC(C)(C)NCC1CCCC1Cc1nc2ccccc2s1. The van der Waals surface area contributed by atoms with Crippen LogP contribution in [0, 0.1) is 11.8 Å². The highest BCUT2D eigenvalue weighted by Gasteiger charge is 2.29. The first-order valence-electron chi connectivity index (χ1n) is 8.11. The summed E-state index contributed by atoms with van der Waals surface area (Å²) in [4.78, 5) is 4.82. The Morgan fingerprint density at radius 1 is 1.19 bits per heavy atom. The monoisotopic (exact) mass is 302 g/mol. The first kappa shape index (κ1) is 15.0. The average molecular weight is 302 g/mol. The van der Waals surface area contributed by atoms with Crippen LogP contribution >= 0.6 is 11.3 Å². The Hall–Kier alpha value is -0.930. The van der Waals surface area contributed by atoms with Gasteiger partial charge in [-0.1, -0.05) is 18.6 Å². The predicted molar refractivity (Wildman–Crippen MR) is 91.9 cm³/mol. The van der Waals surface area contributed by atoms with Crippen LogP contribution in [0.1, 0.15) is 45.0 Å². The van der Waals surface area contributed by atoms with E-state index in [-0.39, 0.29) is 5.54 Å². The summed E-state index contributed by atoms with van der Waals surface area (Å²) < 4.78 is 1.33. The fourth-order valence-electron chi connectivity index (χ4n) is 3.32. The summed E-state index contributed by atoms with van der Waals surface area (Å²) in [6, 6.07) is 8.50. The molecule has 1 saturated carbocycles. The molecule has 2 unspecified atom stereocenters. The minimum Gasteiger partial charge on any atom is -0.312 e. The van der Waals surface area contributed by atoms with E-state index in [2.05, 4.69) is 50.4 Å². The van der Waals surface area contributed by atoms with E-state index in [4.69, 9.17) is 4.98 Å². The van der Waals surface area contributed by atoms with Crippen molar-refractivity contribution < 1.29 is 0 Å². The molecule has 1 aliphatic carbocycles. The van der Waals surface area contributed by atoms with Crippen LogP contribution < -0.4 is 5.32 Å². The predicted octanol–water partition coefficient (Wildman–Crippen LogP) is 4.64. The highest BCUT2D eigenvalue weighted by Crippen LogP contribution is 2.35. The van der Waals surface area contributed by atoms with Crippen molar-refractivity contribution in [3.05, 3.63) is 29.3 Å². The Morgan fingerprint density at radius 3 is 2.71 bits per heavy atom. The molecule has 2 nitrogen and oxygen atoms in total. The number of benzene rings is 1. The summed E-state index contributed by atoms with van der Waals surface area (Å²) in [5.74, 6) is 1.62. The molecule has 2 atom stereocenters. The van der Waals surface area contributed by atoms with Gasteiger partial charge in [-0.15, -0.1) is 11.3 Å². The normalized spacial score (nSPS) is 23.0. The van der Waals surface area contributed by atoms with Crippen molar-refractivity contribution in [3.8, 4) is 0 Å². The van der Waals surface area contributed by atoms with Gasteiger partial charge in [-0.05, 0) is 64.1 Å². The molecular weight excluding hydrogens is 276 g/mol. The van der Waals surface area contributed by atoms with Gasteiger partial charge in [0, 0.05) is 12.0 Å². The third-order valence-electron chi connectivity index (χ3n) is 4.49. The van der Waals surface area contributed by atoms with E-state index in [9.17, 15) is 0 Å². The van der Waals surface area contributed by atoms with E-state index >= 15 is 0 Å². The molecule has 0 saturated heterocycles. The summed E-state index contributed by atoms with van der Waals surface area (Å²) >= 11 is 1.88. The molecule has 2 aromatic rings. The zero-order valence-electron chi connectivity index (χ0n) is 13.4. The molecule has 21 heavy (non-hydrogen) atoms. The molecule has 0 spiro atoms. The molecule has 3 rings (SSSR count). The Morgan fingerprint density at radius 2 is 1.95 bits per heavy atom. The molecule has 0 aliphatic heterocycles. The summed E-state index contributed by atoms with van der Waals surface area (Å²) in [7, 11) is 0. The lowest BCUT2D eigenvalue weighted by Gasteiger charge is -2.26. The zero-order chi connectivity index (χ0) is 14.9. The van der Waals surface area contributed by atoms with Gasteiger partial charge in [0.2, 0.25) is 0 Å². The zero-order valence-corrected chi connectivity index (χ0v) is 14.2. The van der Waals surface area contributed by atoms with Crippen LogP contribution in [0.3, 0.4) is 0 Å². The molecular formula is C18H26N2S. The van der Waals surface area contributed by atoms with E-state index in [1.165, 1.54) is 34.5 Å². The van der Waals surface area contributed by atoms with Gasteiger partial charge < -0.3 is 5.32 Å². The van der Waals surface area contributed by atoms with Crippen LogP contribution in [0.5, 0.6) is 0 Å². The third-order valence-corrected chi connectivity index (χ3v) is 5.54. The Bertz CT molecular complexity index is 564. The number of aromatic nitrogens is 1. The maximum atomic E-state index is 4.82. The molecule has 0 radical (unpaired) electrons. The van der Waals surface area contributed by atoms with Gasteiger partial charge >= 0.3 is 0 Å². The fourth-order valence-corrected chi connectivity index (χ4v) is 4.38. The number of para-hydroxylation sites is 1. The molecule has 1 aliphatic rings. The van der Waals surface area contributed by atoms with Gasteiger partial charge in [-0.2, -0.15) is 0 Å². The van der Waals surface area contributed by atoms with Gasteiger partial charge in [-0.25, -0.2) is 4.98 Å². The number of fused-ring (bicyclic) bond motifs is 1. The fraction of sp³-hybridized carbons (Fsp3) is 0.611. The minimum absolute atomic E-state index is 0.225. The van der Waals surface area contributed by atoms with Gasteiger partial charge in [-0.3, -0.25) is 0 Å². The van der Waals surface area contributed by atoms with E-state index in [1.807, 2.05) is 11.3 Å². The topological polar surface area (TPSA) is 24.9 Å². The van der Waals surface area contributed by atoms with Crippen LogP contribution in [0.4, 0.5) is 0 Å². The number of nitrogens with zero attached hydrogens (tertiary/aromatic N) is 1. The van der Waals surface area contributed by atoms with Crippen LogP contribution in [-0.2, 0) is 6.42 Å². The molecule has 1 aromatic carbocycles. The van der Waals surface area contributed by atoms with E-state index in [0.29, 0.717) is 0 Å². The number of rotatable bonds is 4. The Balaban J connectivity index is 1.65. The highest BCUT2D eigenvalue weighted by molar-refractivity contribution is 7.18. The van der Waals surface area contributed by atoms with Gasteiger partial charge in [0.1, 0.15) is 0 Å². The molecule has 114 valence electrons. The average Bonchev–Trinajstić information content (AvgIpc) is 3.01. The largest absolute Gasteiger partial charge is 0.312 e. The second-order valence-corrected chi connectivity index (χ2v) is 8.48. The smallest absolute Gasteiger partial charge is 0.0941 e. The molecule has 1 fully saturated rings. The van der Waals surface area contributed by atoms with E-state index in [1.54, 1.807) is 0 Å². The Labute approximate surface area is 132 Å². The lowest BCUT2D eigenvalue weighted by atomic mass is 9.92. The third kappa shape index (κ3) is 3.83. The van der Waals surface area contributed by atoms with E-state index in [0.717, 1.165) is 24.8 Å². The number of hydrogen-bond acceptors (Lipinski definition) is 3. The van der Waals surface area contributed by atoms with Crippen molar-refractivity contribution in [2.45, 2.75) is 52.0 Å². The first-order valence-corrected chi connectivity index (χ1v) is 8.92. The quantitative estimate of drug-likeness (QED) is 0.889. The summed E-state index contributed by atoms with van der Waals surface area (Å²) in [6.07, 6.45) is 5.28. The van der Waals surface area contributed by atoms with E-state index < -0.39 is 0 Å². The second-order valence-electron chi connectivity index (χ2n) is 7.36. The highest BCUT2D eigenvalue weighted by atomic mass is 32.1. The van der Waals surface area contributed by atoms with Crippen molar-refractivity contribution in [1.29, 1.82) is 0 Å². The molecule has 0 amide bonds. The minimum atomic E-state index is 0.225. The van der Waals surface area contributed by atoms with Crippen molar-refractivity contribution in [1.82, 2.24) is 10.3 Å². The van der Waals surface area contributed by atoms with Crippen molar-refractivity contribution in [2.75, 3.05) is 6.54 Å². The molecule has 1 heterocycles. The van der Waals surface area contributed by atoms with Crippen LogP contribution in [-0.4, -0.2) is 17.1 Å². The lowest BCUT2D eigenvalue weighted by molar-refractivity contribution is 0.317. The van der Waals surface area contributed by atoms with Crippen molar-refractivity contribution >= 4 is 21.6 Å². The van der Waals surface area contributed by atoms with Crippen molar-refractivity contribution in [2.24, 2.45) is 11.8 Å². The number of thiazole rings is 1. The summed E-state index contributed by atoms with van der Waals surface area (Å²) in [5, 5.41) is 5.01. The number of hydrogen-bond donors (Lipinski definition) is 1.